The molecular formula is C24H25ClN4O2. The van der Waals surface area contributed by atoms with Crippen LogP contribution in [-0.2, 0) is 0 Å². The smallest absolute Gasteiger partial charge is 0.255 e. The van der Waals surface area contributed by atoms with Gasteiger partial charge >= 0.3 is 0 Å². The van der Waals surface area contributed by atoms with Gasteiger partial charge in [-0.15, -0.1) is 12.4 Å². The molecule has 3 aromatic rings. The molecule has 2 amide bonds. The summed E-state index contributed by atoms with van der Waals surface area (Å²) in [6.07, 6.45) is 0. The van der Waals surface area contributed by atoms with Crippen molar-refractivity contribution in [1.82, 2.24) is 0 Å². The van der Waals surface area contributed by atoms with Gasteiger partial charge < -0.3 is 16.4 Å². The molecule has 0 spiro atoms. The van der Waals surface area contributed by atoms with Crippen LogP contribution in [0.1, 0.15) is 51.6 Å². The van der Waals surface area contributed by atoms with Crippen molar-refractivity contribution in [2.45, 2.75) is 19.8 Å². The Kier molecular flexibility index (Phi) is 7.94. The molecule has 3 aromatic carbocycles. The Morgan fingerprint density at radius 3 is 1.81 bits per heavy atom. The van der Waals surface area contributed by atoms with Crippen LogP contribution in [0.4, 0.5) is 11.4 Å². The van der Waals surface area contributed by atoms with Crippen LogP contribution in [0.15, 0.2) is 72.8 Å². The average molecular weight is 437 g/mol. The molecule has 6 nitrogen and oxygen atoms in total. The fourth-order valence-electron chi connectivity index (χ4n) is 2.94. The lowest BCUT2D eigenvalue weighted by Crippen LogP contribution is -2.18. The quantitative estimate of drug-likeness (QED) is 0.321. The molecule has 0 saturated heterocycles. The van der Waals surface area contributed by atoms with Crippen molar-refractivity contribution in [2.75, 3.05) is 10.6 Å². The summed E-state index contributed by atoms with van der Waals surface area (Å²) in [6.45, 7) is 4.19. The minimum atomic E-state index is -0.360. The predicted octanol–water partition coefficient (Wildman–Crippen LogP) is 5.02. The maximum atomic E-state index is 12.7. The number of nitrogens with two attached hydrogens (primary N) is 1. The fourth-order valence-corrected chi connectivity index (χ4v) is 2.94. The molecular weight excluding hydrogens is 412 g/mol. The van der Waals surface area contributed by atoms with Crippen molar-refractivity contribution >= 4 is 41.4 Å². The Balaban J connectivity index is 0.00000341. The van der Waals surface area contributed by atoms with Crippen molar-refractivity contribution in [1.29, 1.82) is 5.41 Å². The molecule has 0 atom stereocenters. The van der Waals surface area contributed by atoms with Crippen molar-refractivity contribution < 1.29 is 9.59 Å². The number of hydrogen-bond donors (Lipinski definition) is 4. The van der Waals surface area contributed by atoms with Gasteiger partial charge in [0.15, 0.2) is 0 Å². The molecule has 0 heterocycles. The number of benzene rings is 3. The van der Waals surface area contributed by atoms with Gasteiger partial charge in [-0.2, -0.15) is 0 Å². The van der Waals surface area contributed by atoms with E-state index in [-0.39, 0.29) is 30.1 Å². The maximum Gasteiger partial charge on any atom is 0.255 e. The van der Waals surface area contributed by atoms with Crippen LogP contribution in [0.5, 0.6) is 0 Å². The van der Waals surface area contributed by atoms with Gasteiger partial charge in [0.25, 0.3) is 11.8 Å². The Morgan fingerprint density at radius 2 is 1.29 bits per heavy atom. The van der Waals surface area contributed by atoms with Crippen LogP contribution >= 0.6 is 12.4 Å². The normalized spacial score (nSPS) is 10.2. The molecule has 31 heavy (non-hydrogen) atoms. The topological polar surface area (TPSA) is 108 Å². The Hall–Kier alpha value is -3.64. The van der Waals surface area contributed by atoms with Gasteiger partial charge in [-0.05, 0) is 47.9 Å². The lowest BCUT2D eigenvalue weighted by molar-refractivity contribution is 0.101. The van der Waals surface area contributed by atoms with Gasteiger partial charge in [-0.1, -0.05) is 50.2 Å². The highest BCUT2D eigenvalue weighted by Crippen LogP contribution is 2.23. The third-order valence-electron chi connectivity index (χ3n) is 4.70. The molecule has 0 bridgehead atoms. The summed E-state index contributed by atoms with van der Waals surface area (Å²) in [4.78, 5) is 25.3. The zero-order valence-electron chi connectivity index (χ0n) is 17.3. The summed E-state index contributed by atoms with van der Waals surface area (Å²) < 4.78 is 0. The number of anilines is 2. The minimum Gasteiger partial charge on any atom is -0.384 e. The second kappa shape index (κ2) is 10.4. The Bertz CT molecular complexity index is 1090. The highest BCUT2D eigenvalue weighted by molar-refractivity contribution is 6.10. The zero-order chi connectivity index (χ0) is 21.7. The molecule has 7 heteroatoms. The molecule has 0 aliphatic carbocycles. The van der Waals surface area contributed by atoms with E-state index in [4.69, 9.17) is 11.1 Å². The summed E-state index contributed by atoms with van der Waals surface area (Å²) in [5.74, 6) is -0.341. The van der Waals surface area contributed by atoms with E-state index >= 15 is 0 Å². The van der Waals surface area contributed by atoms with Gasteiger partial charge in [-0.25, -0.2) is 0 Å². The first-order chi connectivity index (χ1) is 14.3. The first-order valence-electron chi connectivity index (χ1n) is 9.61. The first-order valence-corrected chi connectivity index (χ1v) is 9.61. The van der Waals surface area contributed by atoms with Crippen molar-refractivity contribution in [3.05, 3.63) is 95.1 Å². The molecule has 0 saturated carbocycles. The van der Waals surface area contributed by atoms with Gasteiger partial charge in [0.1, 0.15) is 5.84 Å². The number of nitrogen functional groups attached to an aromatic ring is 1. The van der Waals surface area contributed by atoms with Gasteiger partial charge in [0, 0.05) is 16.7 Å². The van der Waals surface area contributed by atoms with Gasteiger partial charge in [0.2, 0.25) is 0 Å². The number of nitrogens with one attached hydrogen (secondary N) is 3. The van der Waals surface area contributed by atoms with Crippen LogP contribution in [0.25, 0.3) is 0 Å². The third-order valence-corrected chi connectivity index (χ3v) is 4.70. The molecule has 0 aliphatic rings. The second-order valence-electron chi connectivity index (χ2n) is 7.23. The molecule has 0 fully saturated rings. The summed E-state index contributed by atoms with van der Waals surface area (Å²) in [5.41, 5.74) is 9.00. The molecule has 3 rings (SSSR count). The summed E-state index contributed by atoms with van der Waals surface area (Å²) in [5, 5.41) is 13.2. The predicted molar refractivity (Wildman–Crippen MR) is 128 cm³/mol. The van der Waals surface area contributed by atoms with E-state index in [1.807, 2.05) is 12.1 Å². The number of carbonyl (C=O) groups excluding carboxylic acids is 2. The maximum absolute atomic E-state index is 12.7. The van der Waals surface area contributed by atoms with E-state index in [0.717, 1.165) is 5.56 Å². The second-order valence-corrected chi connectivity index (χ2v) is 7.23. The lowest BCUT2D eigenvalue weighted by Gasteiger charge is -2.13. The number of rotatable bonds is 6. The van der Waals surface area contributed by atoms with Crippen LogP contribution in [0.2, 0.25) is 0 Å². The van der Waals surface area contributed by atoms with E-state index in [1.54, 1.807) is 60.7 Å². The van der Waals surface area contributed by atoms with Crippen molar-refractivity contribution in [2.24, 2.45) is 5.73 Å². The summed E-state index contributed by atoms with van der Waals surface area (Å²) in [7, 11) is 0. The number of hydrogen-bond acceptors (Lipinski definition) is 3. The molecule has 160 valence electrons. The van der Waals surface area contributed by atoms with Gasteiger partial charge in [-0.3, -0.25) is 15.0 Å². The van der Waals surface area contributed by atoms with Crippen molar-refractivity contribution in [3.63, 3.8) is 0 Å². The molecule has 0 radical (unpaired) electrons. The van der Waals surface area contributed by atoms with E-state index in [0.29, 0.717) is 34.0 Å². The Labute approximate surface area is 187 Å². The summed E-state index contributed by atoms with van der Waals surface area (Å²) in [6, 6.07) is 21.0. The molecule has 5 N–H and O–H groups in total. The highest BCUT2D eigenvalue weighted by atomic mass is 35.5. The fraction of sp³-hybridized carbons (Fsp3) is 0.125. The average Bonchev–Trinajstić information content (AvgIpc) is 2.75. The molecule has 0 aromatic heterocycles. The molecule has 0 aliphatic heterocycles. The van der Waals surface area contributed by atoms with Crippen molar-refractivity contribution in [3.8, 4) is 0 Å². The molecule has 0 unspecified atom stereocenters. The Morgan fingerprint density at radius 1 is 0.774 bits per heavy atom. The standard InChI is InChI=1S/C24H24N4O2.ClH/c1-15(2)16-10-12-17(13-11-16)23(29)27-20-8-3-4-9-21(20)28-24(30)19-7-5-6-18(14-19)22(25)26;/h3-15H,1-2H3,(H3,25,26)(H,27,29)(H,28,30);1H. The number of para-hydroxylation sites is 2. The van der Waals surface area contributed by atoms with E-state index in [2.05, 4.69) is 24.5 Å². The highest BCUT2D eigenvalue weighted by Gasteiger charge is 2.13. The minimum absolute atomic E-state index is 0. The third kappa shape index (κ3) is 5.93. The van der Waals surface area contributed by atoms with Gasteiger partial charge in [0.05, 0.1) is 11.4 Å². The van der Waals surface area contributed by atoms with E-state index < -0.39 is 0 Å². The lowest BCUT2D eigenvalue weighted by atomic mass is 10.0. The monoisotopic (exact) mass is 436 g/mol. The SMILES string of the molecule is CC(C)c1ccc(C(=O)Nc2ccccc2NC(=O)c2cccc(C(=N)N)c2)cc1.Cl. The van der Waals surface area contributed by atoms with E-state index in [1.165, 1.54) is 0 Å². The number of halogens is 1. The largest absolute Gasteiger partial charge is 0.384 e. The number of amides is 2. The summed E-state index contributed by atoms with van der Waals surface area (Å²) >= 11 is 0. The first kappa shape index (κ1) is 23.6. The van der Waals surface area contributed by atoms with Crippen LogP contribution in [0.3, 0.4) is 0 Å². The zero-order valence-corrected chi connectivity index (χ0v) is 18.1. The van der Waals surface area contributed by atoms with Crippen LogP contribution < -0.4 is 16.4 Å². The van der Waals surface area contributed by atoms with Crippen LogP contribution in [0, 0.1) is 5.41 Å². The number of carbonyl (C=O) groups is 2. The van der Waals surface area contributed by atoms with Crippen LogP contribution in [-0.4, -0.2) is 17.6 Å². The van der Waals surface area contributed by atoms with E-state index in [9.17, 15) is 9.59 Å². The number of amidine groups is 1.